The fourth-order valence-electron chi connectivity index (χ4n) is 2.55. The molecule has 0 aliphatic rings. The number of benzene rings is 2. The number of nitrogens with zero attached hydrogens (tertiary/aromatic N) is 1. The molecule has 0 radical (unpaired) electrons. The molecule has 0 fully saturated rings. The van der Waals surface area contributed by atoms with Crippen molar-refractivity contribution >= 4 is 23.0 Å². The van der Waals surface area contributed by atoms with Crippen LogP contribution in [-0.4, -0.2) is 25.5 Å². The summed E-state index contributed by atoms with van der Waals surface area (Å²) in [4.78, 5) is 14.3. The number of carbonyl (C=O) groups excluding carboxylic acids is 1. The van der Waals surface area contributed by atoms with Crippen LogP contribution in [0.15, 0.2) is 42.5 Å². The molecule has 0 aliphatic heterocycles. The first kappa shape index (κ1) is 17.8. The van der Waals surface area contributed by atoms with Gasteiger partial charge in [-0.05, 0) is 62.7 Å². The Labute approximate surface area is 142 Å². The van der Waals surface area contributed by atoms with E-state index >= 15 is 0 Å². The fourth-order valence-corrected chi connectivity index (χ4v) is 2.55. The van der Waals surface area contributed by atoms with Crippen LogP contribution in [0.5, 0.6) is 0 Å². The number of rotatable bonds is 7. The molecule has 2 N–H and O–H groups in total. The van der Waals surface area contributed by atoms with Crippen molar-refractivity contribution in [1.29, 1.82) is 0 Å². The highest BCUT2D eigenvalue weighted by molar-refractivity contribution is 5.94. The van der Waals surface area contributed by atoms with Crippen molar-refractivity contribution in [3.05, 3.63) is 53.8 Å². The van der Waals surface area contributed by atoms with Crippen LogP contribution in [-0.2, 0) is 4.79 Å². The van der Waals surface area contributed by atoms with Crippen molar-refractivity contribution in [2.45, 2.75) is 20.8 Å². The molecule has 2 rings (SSSR count). The monoisotopic (exact) mass is 329 g/mol. The zero-order valence-electron chi connectivity index (χ0n) is 14.4. The van der Waals surface area contributed by atoms with E-state index < -0.39 is 0 Å². The molecule has 0 heterocycles. The van der Waals surface area contributed by atoms with Crippen molar-refractivity contribution in [3.63, 3.8) is 0 Å². The number of aryl methyl sites for hydroxylation is 1. The van der Waals surface area contributed by atoms with E-state index in [1.165, 1.54) is 12.1 Å². The minimum Gasteiger partial charge on any atom is -0.376 e. The minimum atomic E-state index is -0.330. The van der Waals surface area contributed by atoms with Crippen LogP contribution in [0, 0.1) is 12.7 Å². The van der Waals surface area contributed by atoms with E-state index in [-0.39, 0.29) is 18.3 Å². The summed E-state index contributed by atoms with van der Waals surface area (Å²) in [5.41, 5.74) is 3.53. The molecule has 128 valence electrons. The number of amides is 1. The first-order valence-corrected chi connectivity index (χ1v) is 8.18. The predicted molar refractivity (Wildman–Crippen MR) is 98.3 cm³/mol. The Balaban J connectivity index is 1.96. The highest BCUT2D eigenvalue weighted by Crippen LogP contribution is 2.22. The van der Waals surface area contributed by atoms with E-state index in [0.717, 1.165) is 30.0 Å². The summed E-state index contributed by atoms with van der Waals surface area (Å²) >= 11 is 0. The maximum Gasteiger partial charge on any atom is 0.243 e. The molecule has 24 heavy (non-hydrogen) atoms. The van der Waals surface area contributed by atoms with Crippen LogP contribution in [0.4, 0.5) is 21.5 Å². The Morgan fingerprint density at radius 3 is 2.50 bits per heavy atom. The lowest BCUT2D eigenvalue weighted by molar-refractivity contribution is -0.114. The van der Waals surface area contributed by atoms with Gasteiger partial charge in [-0.25, -0.2) is 4.39 Å². The van der Waals surface area contributed by atoms with Gasteiger partial charge in [-0.3, -0.25) is 4.79 Å². The van der Waals surface area contributed by atoms with Crippen molar-refractivity contribution in [2.24, 2.45) is 0 Å². The highest BCUT2D eigenvalue weighted by Gasteiger charge is 2.08. The second-order valence-electron chi connectivity index (χ2n) is 5.58. The van der Waals surface area contributed by atoms with Gasteiger partial charge in [0.25, 0.3) is 0 Å². The molecular weight excluding hydrogens is 305 g/mol. The van der Waals surface area contributed by atoms with Crippen molar-refractivity contribution < 1.29 is 9.18 Å². The third-order valence-electron chi connectivity index (χ3n) is 3.89. The van der Waals surface area contributed by atoms with E-state index in [9.17, 15) is 9.18 Å². The van der Waals surface area contributed by atoms with Gasteiger partial charge in [0.15, 0.2) is 0 Å². The van der Waals surface area contributed by atoms with Crippen LogP contribution < -0.4 is 15.5 Å². The van der Waals surface area contributed by atoms with E-state index in [1.54, 1.807) is 12.1 Å². The van der Waals surface area contributed by atoms with Crippen molar-refractivity contribution in [1.82, 2.24) is 0 Å². The van der Waals surface area contributed by atoms with Gasteiger partial charge in [0.2, 0.25) is 5.91 Å². The molecule has 0 spiro atoms. The van der Waals surface area contributed by atoms with Gasteiger partial charge in [-0.2, -0.15) is 0 Å². The summed E-state index contributed by atoms with van der Waals surface area (Å²) in [6.45, 7) is 8.18. The molecule has 0 saturated carbocycles. The summed E-state index contributed by atoms with van der Waals surface area (Å²) in [6.07, 6.45) is 0. The van der Waals surface area contributed by atoms with Crippen LogP contribution >= 0.6 is 0 Å². The maximum atomic E-state index is 13.1. The number of hydrogen-bond donors (Lipinski definition) is 2. The van der Waals surface area contributed by atoms with Gasteiger partial charge >= 0.3 is 0 Å². The van der Waals surface area contributed by atoms with Gasteiger partial charge in [-0.15, -0.1) is 0 Å². The summed E-state index contributed by atoms with van der Waals surface area (Å²) in [5.74, 6) is -0.499. The zero-order chi connectivity index (χ0) is 17.5. The lowest BCUT2D eigenvalue weighted by Gasteiger charge is -2.22. The summed E-state index contributed by atoms with van der Waals surface area (Å²) in [5, 5.41) is 5.80. The number of nitrogens with one attached hydrogen (secondary N) is 2. The molecule has 4 nitrogen and oxygen atoms in total. The summed E-state index contributed by atoms with van der Waals surface area (Å²) in [7, 11) is 0. The van der Waals surface area contributed by atoms with E-state index in [1.807, 2.05) is 19.1 Å². The number of hydrogen-bond acceptors (Lipinski definition) is 3. The molecule has 1 amide bonds. The molecule has 0 atom stereocenters. The maximum absolute atomic E-state index is 13.1. The topological polar surface area (TPSA) is 44.4 Å². The first-order valence-electron chi connectivity index (χ1n) is 8.18. The molecule has 0 unspecified atom stereocenters. The van der Waals surface area contributed by atoms with Gasteiger partial charge in [-0.1, -0.05) is 6.07 Å². The molecule has 0 saturated heterocycles. The molecule has 0 aromatic heterocycles. The zero-order valence-corrected chi connectivity index (χ0v) is 14.4. The second kappa shape index (κ2) is 8.34. The average molecular weight is 329 g/mol. The Bertz CT molecular complexity index is 699. The summed E-state index contributed by atoms with van der Waals surface area (Å²) < 4.78 is 13.1. The van der Waals surface area contributed by atoms with Crippen LogP contribution in [0.2, 0.25) is 0 Å². The van der Waals surface area contributed by atoms with Gasteiger partial charge < -0.3 is 15.5 Å². The van der Waals surface area contributed by atoms with Gasteiger partial charge in [0, 0.05) is 30.2 Å². The fraction of sp³-hybridized carbons (Fsp3) is 0.316. The smallest absolute Gasteiger partial charge is 0.243 e. The lowest BCUT2D eigenvalue weighted by atomic mass is 10.1. The van der Waals surface area contributed by atoms with Crippen molar-refractivity contribution in [3.8, 4) is 0 Å². The first-order chi connectivity index (χ1) is 11.5. The van der Waals surface area contributed by atoms with Crippen LogP contribution in [0.3, 0.4) is 0 Å². The Hall–Kier alpha value is -2.56. The third kappa shape index (κ3) is 4.72. The standard InChI is InChI=1S/C19H24FN3O/c1-4-23(5-2)17-9-10-18(14(3)11-17)22-19(24)13-21-16-8-6-7-15(20)12-16/h6-12,21H,4-5,13H2,1-3H3,(H,22,24). The molecule has 2 aromatic rings. The summed E-state index contributed by atoms with van der Waals surface area (Å²) in [6, 6.07) is 12.1. The Kier molecular flexibility index (Phi) is 6.18. The van der Waals surface area contributed by atoms with E-state index in [2.05, 4.69) is 35.4 Å². The quantitative estimate of drug-likeness (QED) is 0.806. The number of carbonyl (C=O) groups is 1. The molecule has 0 bridgehead atoms. The normalized spacial score (nSPS) is 10.3. The number of anilines is 3. The van der Waals surface area contributed by atoms with Crippen LogP contribution in [0.1, 0.15) is 19.4 Å². The molecule has 5 heteroatoms. The average Bonchev–Trinajstić information content (AvgIpc) is 2.56. The third-order valence-corrected chi connectivity index (χ3v) is 3.89. The minimum absolute atomic E-state index is 0.0840. The molecule has 2 aromatic carbocycles. The number of halogens is 1. The highest BCUT2D eigenvalue weighted by atomic mass is 19.1. The molecular formula is C19H24FN3O. The SMILES string of the molecule is CCN(CC)c1ccc(NC(=O)CNc2cccc(F)c2)c(C)c1. The van der Waals surface area contributed by atoms with E-state index in [0.29, 0.717) is 5.69 Å². The van der Waals surface area contributed by atoms with Gasteiger partial charge in [0.05, 0.1) is 6.54 Å². The van der Waals surface area contributed by atoms with Crippen molar-refractivity contribution in [2.75, 3.05) is 35.2 Å². The van der Waals surface area contributed by atoms with E-state index in [4.69, 9.17) is 0 Å². The van der Waals surface area contributed by atoms with Crippen LogP contribution in [0.25, 0.3) is 0 Å². The van der Waals surface area contributed by atoms with Gasteiger partial charge in [0.1, 0.15) is 5.82 Å². The lowest BCUT2D eigenvalue weighted by Crippen LogP contribution is -2.23. The predicted octanol–water partition coefficient (Wildman–Crippen LogP) is 4.03. The largest absolute Gasteiger partial charge is 0.376 e. The molecule has 0 aliphatic carbocycles. The Morgan fingerprint density at radius 2 is 1.88 bits per heavy atom. The Morgan fingerprint density at radius 1 is 1.12 bits per heavy atom. The second-order valence-corrected chi connectivity index (χ2v) is 5.58.